The minimum absolute atomic E-state index is 0.0674. The first-order valence-corrected chi connectivity index (χ1v) is 8.08. The Balaban J connectivity index is 3.69. The molecule has 1 rings (SSSR count). The van der Waals surface area contributed by atoms with Crippen molar-refractivity contribution in [3.8, 4) is 6.07 Å². The maximum absolute atomic E-state index is 12.5. The fraction of sp³-hybridized carbons (Fsp3) is 0.222. The highest BCUT2D eigenvalue weighted by Gasteiger charge is 2.35. The number of halogens is 5. The first-order valence-electron chi connectivity index (χ1n) is 4.42. The van der Waals surface area contributed by atoms with Crippen molar-refractivity contribution in [2.24, 2.45) is 0 Å². The lowest BCUT2D eigenvalue weighted by atomic mass is 10.2. The molecular formula is C9H4Cl2F3NO2S2. The van der Waals surface area contributed by atoms with Crippen molar-refractivity contribution in [3.05, 3.63) is 23.3 Å². The predicted molar refractivity (Wildman–Crippen MR) is 65.7 cm³/mol. The van der Waals surface area contributed by atoms with E-state index in [2.05, 4.69) is 0 Å². The number of thioether (sulfide) groups is 1. The number of hydrogen-bond acceptors (Lipinski definition) is 4. The second-order valence-corrected chi connectivity index (χ2v) is 7.01. The van der Waals surface area contributed by atoms with Gasteiger partial charge in [0, 0.05) is 21.5 Å². The Morgan fingerprint density at radius 2 is 1.95 bits per heavy atom. The molecular weight excluding hydrogens is 346 g/mol. The molecule has 1 aromatic carbocycles. The van der Waals surface area contributed by atoms with Gasteiger partial charge in [-0.15, -0.1) is 11.6 Å². The van der Waals surface area contributed by atoms with Crippen molar-refractivity contribution < 1.29 is 21.6 Å². The number of nitrogens with zero attached hydrogens (tertiary/aromatic N) is 1. The molecule has 0 N–H and O–H groups in total. The Kier molecular flexibility index (Phi) is 5.01. The van der Waals surface area contributed by atoms with Gasteiger partial charge in [0.25, 0.3) is 9.05 Å². The molecule has 0 aromatic heterocycles. The quantitative estimate of drug-likeness (QED) is 0.472. The molecule has 0 heterocycles. The van der Waals surface area contributed by atoms with Gasteiger partial charge in [-0.25, -0.2) is 8.42 Å². The summed E-state index contributed by atoms with van der Waals surface area (Å²) in [7, 11) is 0.592. The van der Waals surface area contributed by atoms with Crippen LogP contribution in [0.5, 0.6) is 0 Å². The summed E-state index contributed by atoms with van der Waals surface area (Å²) >= 11 is 4.81. The van der Waals surface area contributed by atoms with Crippen LogP contribution in [0.2, 0.25) is 0 Å². The number of nitriles is 1. The summed E-state index contributed by atoms with van der Waals surface area (Å²) in [6, 6.07) is 3.71. The van der Waals surface area contributed by atoms with E-state index >= 15 is 0 Å². The topological polar surface area (TPSA) is 57.9 Å². The van der Waals surface area contributed by atoms with Crippen LogP contribution in [0.4, 0.5) is 13.2 Å². The molecule has 3 nitrogen and oxygen atoms in total. The Hall–Kier alpha value is -0.620. The SMILES string of the molecule is N#Cc1ccc(CCl)c(SC(F)(F)F)c1S(=O)(=O)Cl. The standard InChI is InChI=1S/C9H4Cl2F3NO2S2/c10-3-5-1-2-6(4-15)8(19(11,16)17)7(5)18-9(12,13)14/h1-2H,3H2. The zero-order chi connectivity index (χ0) is 14.8. The van der Waals surface area contributed by atoms with Crippen LogP contribution in [0.15, 0.2) is 21.9 Å². The van der Waals surface area contributed by atoms with E-state index in [1.807, 2.05) is 0 Å². The Labute approximate surface area is 120 Å². The van der Waals surface area contributed by atoms with Gasteiger partial charge in [-0.05, 0) is 23.4 Å². The van der Waals surface area contributed by atoms with E-state index in [0.29, 0.717) is 0 Å². The van der Waals surface area contributed by atoms with E-state index in [1.165, 1.54) is 6.07 Å². The molecule has 0 aliphatic carbocycles. The summed E-state index contributed by atoms with van der Waals surface area (Å²) in [4.78, 5) is -1.53. The highest BCUT2D eigenvalue weighted by molar-refractivity contribution is 8.14. The monoisotopic (exact) mass is 349 g/mol. The van der Waals surface area contributed by atoms with Gasteiger partial charge < -0.3 is 0 Å². The molecule has 0 bridgehead atoms. The first-order chi connectivity index (χ1) is 8.60. The largest absolute Gasteiger partial charge is 0.446 e. The third-order valence-corrected chi connectivity index (χ3v) is 4.61. The lowest BCUT2D eigenvalue weighted by Gasteiger charge is -2.13. The number of benzene rings is 1. The van der Waals surface area contributed by atoms with Gasteiger partial charge in [0.1, 0.15) is 11.0 Å². The van der Waals surface area contributed by atoms with Crippen molar-refractivity contribution >= 4 is 43.1 Å². The van der Waals surface area contributed by atoms with Gasteiger partial charge in [0.2, 0.25) is 0 Å². The second kappa shape index (κ2) is 5.79. The fourth-order valence-corrected chi connectivity index (χ4v) is 4.07. The average molecular weight is 350 g/mol. The molecule has 0 unspecified atom stereocenters. The zero-order valence-corrected chi connectivity index (χ0v) is 12.0. The average Bonchev–Trinajstić information content (AvgIpc) is 2.24. The molecule has 0 aliphatic heterocycles. The fourth-order valence-electron chi connectivity index (χ4n) is 1.27. The molecule has 104 valence electrons. The number of hydrogen-bond donors (Lipinski definition) is 0. The molecule has 0 fully saturated rings. The van der Waals surface area contributed by atoms with E-state index in [0.717, 1.165) is 12.1 Å². The molecule has 0 radical (unpaired) electrons. The van der Waals surface area contributed by atoms with Crippen molar-refractivity contribution in [3.63, 3.8) is 0 Å². The summed E-state index contributed by atoms with van der Waals surface area (Å²) < 4.78 is 60.1. The summed E-state index contributed by atoms with van der Waals surface area (Å²) in [5, 5.41) is 8.77. The van der Waals surface area contributed by atoms with Crippen molar-refractivity contribution in [1.82, 2.24) is 0 Å². The number of rotatable bonds is 3. The summed E-state index contributed by atoms with van der Waals surface area (Å²) in [5.41, 5.74) is -5.26. The van der Waals surface area contributed by atoms with Crippen LogP contribution >= 0.6 is 34.0 Å². The Bertz CT molecular complexity index is 638. The van der Waals surface area contributed by atoms with Crippen molar-refractivity contribution in [2.75, 3.05) is 0 Å². The first kappa shape index (κ1) is 16.4. The number of alkyl halides is 4. The summed E-state index contributed by atoms with van der Waals surface area (Å²) in [6.45, 7) is 0. The smallest absolute Gasteiger partial charge is 0.207 e. The normalized spacial score (nSPS) is 12.2. The van der Waals surface area contributed by atoms with E-state index in [4.69, 9.17) is 27.5 Å². The minimum Gasteiger partial charge on any atom is -0.207 e. The summed E-state index contributed by atoms with van der Waals surface area (Å²) in [6.07, 6.45) is 0. The van der Waals surface area contributed by atoms with Gasteiger partial charge in [-0.1, -0.05) is 6.07 Å². The maximum atomic E-state index is 12.5. The predicted octanol–water partition coefficient (Wildman–Crippen LogP) is 3.84. The molecule has 0 saturated heterocycles. The zero-order valence-electron chi connectivity index (χ0n) is 8.83. The van der Waals surface area contributed by atoms with Gasteiger partial charge in [-0.2, -0.15) is 18.4 Å². The Morgan fingerprint density at radius 1 is 1.37 bits per heavy atom. The van der Waals surface area contributed by atoms with Crippen molar-refractivity contribution in [1.29, 1.82) is 5.26 Å². The minimum atomic E-state index is -4.73. The highest BCUT2D eigenvalue weighted by Crippen LogP contribution is 2.44. The third kappa shape index (κ3) is 4.18. The van der Waals surface area contributed by atoms with Crippen LogP contribution in [0.3, 0.4) is 0 Å². The molecule has 0 atom stereocenters. The molecule has 19 heavy (non-hydrogen) atoms. The molecule has 10 heteroatoms. The molecule has 0 amide bonds. The van der Waals surface area contributed by atoms with Gasteiger partial charge >= 0.3 is 5.51 Å². The lowest BCUT2D eigenvalue weighted by molar-refractivity contribution is -0.0329. The Morgan fingerprint density at radius 3 is 2.32 bits per heavy atom. The summed E-state index contributed by atoms with van der Waals surface area (Å²) in [5.74, 6) is -0.344. The van der Waals surface area contributed by atoms with Gasteiger partial charge in [0.15, 0.2) is 0 Å². The van der Waals surface area contributed by atoms with E-state index in [9.17, 15) is 21.6 Å². The molecule has 0 aliphatic rings. The van der Waals surface area contributed by atoms with E-state index in [-0.39, 0.29) is 11.4 Å². The molecule has 0 saturated carbocycles. The van der Waals surface area contributed by atoms with Crippen LogP contribution in [0.1, 0.15) is 11.1 Å². The van der Waals surface area contributed by atoms with Crippen LogP contribution in [0, 0.1) is 11.3 Å². The lowest BCUT2D eigenvalue weighted by Crippen LogP contribution is -2.06. The van der Waals surface area contributed by atoms with E-state index in [1.54, 1.807) is 0 Å². The molecule has 1 aromatic rings. The van der Waals surface area contributed by atoms with Gasteiger partial charge in [0.05, 0.1) is 5.56 Å². The van der Waals surface area contributed by atoms with Crippen LogP contribution in [-0.2, 0) is 14.9 Å². The maximum Gasteiger partial charge on any atom is 0.446 e. The van der Waals surface area contributed by atoms with Crippen LogP contribution < -0.4 is 0 Å². The van der Waals surface area contributed by atoms with Crippen molar-refractivity contribution in [2.45, 2.75) is 21.2 Å². The van der Waals surface area contributed by atoms with E-state index < -0.39 is 41.7 Å². The molecule has 0 spiro atoms. The highest BCUT2D eigenvalue weighted by atomic mass is 35.7. The van der Waals surface area contributed by atoms with Gasteiger partial charge in [-0.3, -0.25) is 0 Å². The second-order valence-electron chi connectivity index (χ2n) is 3.16. The van der Waals surface area contributed by atoms with Crippen LogP contribution in [-0.4, -0.2) is 13.9 Å². The third-order valence-electron chi connectivity index (χ3n) is 1.92. The van der Waals surface area contributed by atoms with Crippen LogP contribution in [0.25, 0.3) is 0 Å².